The van der Waals surface area contributed by atoms with E-state index < -0.39 is 18.0 Å². The zero-order chi connectivity index (χ0) is 11.8. The Morgan fingerprint density at radius 3 is 2.60 bits per heavy atom. The van der Waals surface area contributed by atoms with Crippen molar-refractivity contribution in [3.05, 3.63) is 0 Å². The largest absolute Gasteiger partial charge is 0.465 e. The van der Waals surface area contributed by atoms with E-state index in [-0.39, 0.29) is 0 Å². The van der Waals surface area contributed by atoms with Crippen LogP contribution in [-0.2, 0) is 9.63 Å². The normalized spacial score (nSPS) is 11.9. The summed E-state index contributed by atoms with van der Waals surface area (Å²) in [7, 11) is 2.79. The molecule has 2 N–H and O–H groups in total. The number of amides is 2. The highest BCUT2D eigenvalue weighted by atomic mass is 32.2. The Kier molecular flexibility index (Phi) is 6.89. The summed E-state index contributed by atoms with van der Waals surface area (Å²) in [4.78, 5) is 26.7. The summed E-state index contributed by atoms with van der Waals surface area (Å²) in [5.41, 5.74) is 0. The van der Waals surface area contributed by atoms with Gasteiger partial charge in [0.1, 0.15) is 6.04 Å². The minimum atomic E-state index is -1.21. The van der Waals surface area contributed by atoms with Gasteiger partial charge in [-0.15, -0.1) is 0 Å². The van der Waals surface area contributed by atoms with Crippen LogP contribution in [-0.4, -0.2) is 54.4 Å². The molecule has 0 aromatic rings. The highest BCUT2D eigenvalue weighted by Crippen LogP contribution is 2.03. The third-order valence-electron chi connectivity index (χ3n) is 1.79. The highest BCUT2D eigenvalue weighted by Gasteiger charge is 2.23. The molecule has 0 saturated carbocycles. The number of likely N-dealkylation sites (N-methyl/N-ethyl adjacent to an activating group) is 1. The lowest BCUT2D eigenvalue weighted by molar-refractivity contribution is -0.170. The quantitative estimate of drug-likeness (QED) is 0.652. The Morgan fingerprint density at radius 1 is 1.60 bits per heavy atom. The van der Waals surface area contributed by atoms with Crippen molar-refractivity contribution in [2.75, 3.05) is 26.2 Å². The summed E-state index contributed by atoms with van der Waals surface area (Å²) in [6, 6.07) is -0.750. The Morgan fingerprint density at radius 2 is 2.20 bits per heavy atom. The van der Waals surface area contributed by atoms with Gasteiger partial charge in [0.15, 0.2) is 0 Å². The minimum Gasteiger partial charge on any atom is -0.465 e. The van der Waals surface area contributed by atoms with Crippen LogP contribution in [0.5, 0.6) is 0 Å². The number of hydrogen-bond donors (Lipinski definition) is 2. The van der Waals surface area contributed by atoms with E-state index in [2.05, 4.69) is 5.32 Å². The van der Waals surface area contributed by atoms with E-state index in [1.165, 1.54) is 14.2 Å². The van der Waals surface area contributed by atoms with Gasteiger partial charge in [0.05, 0.1) is 7.11 Å². The van der Waals surface area contributed by atoms with Crippen molar-refractivity contribution in [2.45, 2.75) is 12.5 Å². The van der Waals surface area contributed by atoms with Gasteiger partial charge in [0.25, 0.3) is 5.91 Å². The first-order chi connectivity index (χ1) is 7.02. The standard InChI is InChI=1S/C8H16N2O4S/c1-10(14-2)7(11)6(4-5-15-3)9-8(12)13/h6,9H,4-5H2,1-3H3,(H,12,13)/t6-/m1/s1. The number of nitrogens with zero attached hydrogens (tertiary/aromatic N) is 1. The van der Waals surface area contributed by atoms with Gasteiger partial charge >= 0.3 is 6.09 Å². The average Bonchev–Trinajstić information content (AvgIpc) is 2.21. The predicted molar refractivity (Wildman–Crippen MR) is 57.7 cm³/mol. The molecule has 0 rings (SSSR count). The maximum absolute atomic E-state index is 11.6. The Bertz CT molecular complexity index is 225. The maximum atomic E-state index is 11.6. The molecular weight excluding hydrogens is 220 g/mol. The molecule has 15 heavy (non-hydrogen) atoms. The van der Waals surface area contributed by atoms with E-state index in [0.717, 1.165) is 5.06 Å². The minimum absolute atomic E-state index is 0.394. The van der Waals surface area contributed by atoms with E-state index in [9.17, 15) is 9.59 Å². The summed E-state index contributed by atoms with van der Waals surface area (Å²) >= 11 is 1.55. The van der Waals surface area contributed by atoms with Gasteiger partial charge in [-0.2, -0.15) is 11.8 Å². The molecule has 1 atom stereocenters. The zero-order valence-corrected chi connectivity index (χ0v) is 9.84. The smallest absolute Gasteiger partial charge is 0.405 e. The van der Waals surface area contributed by atoms with Gasteiger partial charge in [0, 0.05) is 7.05 Å². The zero-order valence-electron chi connectivity index (χ0n) is 9.02. The predicted octanol–water partition coefficient (Wildman–Crippen LogP) is 0.395. The number of carbonyl (C=O) groups excluding carboxylic acids is 1. The number of hydroxylamine groups is 2. The molecule has 0 spiro atoms. The maximum Gasteiger partial charge on any atom is 0.405 e. The first-order valence-corrected chi connectivity index (χ1v) is 5.72. The summed E-state index contributed by atoms with van der Waals surface area (Å²) in [6.45, 7) is 0. The van der Waals surface area contributed by atoms with Crippen LogP contribution in [0.1, 0.15) is 6.42 Å². The Balaban J connectivity index is 4.32. The van der Waals surface area contributed by atoms with Gasteiger partial charge in [0.2, 0.25) is 0 Å². The molecule has 0 bridgehead atoms. The van der Waals surface area contributed by atoms with Crippen LogP contribution in [0.15, 0.2) is 0 Å². The molecule has 0 aromatic carbocycles. The first kappa shape index (κ1) is 14.1. The molecule has 0 aliphatic carbocycles. The second-order valence-corrected chi connectivity index (χ2v) is 3.79. The summed E-state index contributed by atoms with van der Waals surface area (Å²) in [5.74, 6) is 0.308. The van der Waals surface area contributed by atoms with Crippen molar-refractivity contribution in [2.24, 2.45) is 0 Å². The lowest BCUT2D eigenvalue weighted by Gasteiger charge is -2.21. The van der Waals surface area contributed by atoms with Crippen molar-refractivity contribution < 1.29 is 19.5 Å². The summed E-state index contributed by atoms with van der Waals surface area (Å²) in [6.07, 6.45) is 1.13. The lowest BCUT2D eigenvalue weighted by atomic mass is 10.2. The van der Waals surface area contributed by atoms with Crippen LogP contribution in [0.2, 0.25) is 0 Å². The fourth-order valence-electron chi connectivity index (χ4n) is 0.952. The van der Waals surface area contributed by atoms with Crippen molar-refractivity contribution in [3.8, 4) is 0 Å². The van der Waals surface area contributed by atoms with Crippen molar-refractivity contribution in [1.82, 2.24) is 10.4 Å². The molecule has 0 heterocycles. The van der Waals surface area contributed by atoms with Crippen molar-refractivity contribution in [1.29, 1.82) is 0 Å². The van der Waals surface area contributed by atoms with Crippen molar-refractivity contribution in [3.63, 3.8) is 0 Å². The number of carboxylic acid groups (broad SMARTS) is 1. The van der Waals surface area contributed by atoms with E-state index in [1.807, 2.05) is 6.26 Å². The van der Waals surface area contributed by atoms with Crippen LogP contribution in [0.4, 0.5) is 4.79 Å². The molecule has 0 aliphatic rings. The SMILES string of the molecule is CON(C)C(=O)[C@@H](CCSC)NC(=O)O. The number of hydrogen-bond acceptors (Lipinski definition) is 4. The molecular formula is C8H16N2O4S. The number of rotatable bonds is 6. The summed E-state index contributed by atoms with van der Waals surface area (Å²) in [5, 5.41) is 11.7. The molecule has 0 fully saturated rings. The van der Waals surface area contributed by atoms with E-state index in [0.29, 0.717) is 12.2 Å². The van der Waals surface area contributed by atoms with Gasteiger partial charge in [-0.3, -0.25) is 9.63 Å². The average molecular weight is 236 g/mol. The van der Waals surface area contributed by atoms with Crippen LogP contribution < -0.4 is 5.32 Å². The molecule has 0 saturated heterocycles. The molecule has 6 nitrogen and oxygen atoms in total. The van der Waals surface area contributed by atoms with E-state index in [1.54, 1.807) is 11.8 Å². The first-order valence-electron chi connectivity index (χ1n) is 4.33. The van der Waals surface area contributed by atoms with Gasteiger partial charge < -0.3 is 10.4 Å². The monoisotopic (exact) mass is 236 g/mol. The molecule has 0 aromatic heterocycles. The molecule has 0 radical (unpaired) electrons. The molecule has 0 unspecified atom stereocenters. The van der Waals surface area contributed by atoms with Gasteiger partial charge in [-0.1, -0.05) is 0 Å². The molecule has 7 heteroatoms. The number of carbonyl (C=O) groups is 2. The number of nitrogens with one attached hydrogen (secondary N) is 1. The van der Waals surface area contributed by atoms with Gasteiger partial charge in [-0.05, 0) is 18.4 Å². The van der Waals surface area contributed by atoms with Crippen molar-refractivity contribution >= 4 is 23.8 Å². The fraction of sp³-hybridized carbons (Fsp3) is 0.750. The molecule has 2 amide bonds. The topological polar surface area (TPSA) is 78.9 Å². The van der Waals surface area contributed by atoms with E-state index >= 15 is 0 Å². The van der Waals surface area contributed by atoms with Crippen LogP contribution in [0, 0.1) is 0 Å². The van der Waals surface area contributed by atoms with Crippen LogP contribution in [0.25, 0.3) is 0 Å². The second kappa shape index (κ2) is 7.36. The fourth-order valence-corrected chi connectivity index (χ4v) is 1.42. The van der Waals surface area contributed by atoms with Gasteiger partial charge in [-0.25, -0.2) is 9.86 Å². The third-order valence-corrected chi connectivity index (χ3v) is 2.43. The van der Waals surface area contributed by atoms with Crippen LogP contribution in [0.3, 0.4) is 0 Å². The Hall–Kier alpha value is -0.950. The summed E-state index contributed by atoms with van der Waals surface area (Å²) < 4.78 is 0. The van der Waals surface area contributed by atoms with E-state index in [4.69, 9.17) is 9.94 Å². The second-order valence-electron chi connectivity index (χ2n) is 2.80. The molecule has 88 valence electrons. The third kappa shape index (κ3) is 5.48. The lowest BCUT2D eigenvalue weighted by Crippen LogP contribution is -2.46. The Labute approximate surface area is 92.9 Å². The highest BCUT2D eigenvalue weighted by molar-refractivity contribution is 7.98. The molecule has 0 aliphatic heterocycles. The number of thioether (sulfide) groups is 1. The van der Waals surface area contributed by atoms with Crippen LogP contribution >= 0.6 is 11.8 Å².